The molecule has 0 aliphatic heterocycles. The van der Waals surface area contributed by atoms with Gasteiger partial charge in [0.2, 0.25) is 0 Å². The predicted octanol–water partition coefficient (Wildman–Crippen LogP) is 5.33. The maximum absolute atomic E-state index is 6.13. The fraction of sp³-hybridized carbons (Fsp3) is 0.304. The number of rotatable bonds is 8. The number of nitrogen functional groups attached to an aromatic ring is 2. The van der Waals surface area contributed by atoms with Gasteiger partial charge in [-0.15, -0.1) is 0 Å². The van der Waals surface area contributed by atoms with Gasteiger partial charge in [-0.2, -0.15) is 0 Å². The highest BCUT2D eigenvalue weighted by Gasteiger charge is 2.25. The molecule has 2 aromatic carbocycles. The molecule has 0 atom stereocenters. The lowest BCUT2D eigenvalue weighted by Gasteiger charge is -2.27. The minimum Gasteiger partial charge on any atom is -0.487 e. The van der Waals surface area contributed by atoms with E-state index in [0.29, 0.717) is 36.1 Å². The molecule has 0 heterocycles. The first-order chi connectivity index (χ1) is 12.9. The van der Waals surface area contributed by atoms with E-state index in [1.807, 2.05) is 50.2 Å². The Labute approximate surface area is 163 Å². The van der Waals surface area contributed by atoms with Crippen molar-refractivity contribution in [3.8, 4) is 11.5 Å². The fourth-order valence-corrected chi connectivity index (χ4v) is 2.60. The molecule has 0 aliphatic carbocycles. The number of ether oxygens (including phenoxy) is 2. The normalized spacial score (nSPS) is 10.4. The molecule has 0 unspecified atom stereocenters. The molecule has 0 spiro atoms. The van der Waals surface area contributed by atoms with Gasteiger partial charge < -0.3 is 20.9 Å². The monoisotopic (exact) mass is 368 g/mol. The molecule has 0 saturated carbocycles. The Bertz CT molecular complexity index is 703. The fourth-order valence-electron chi connectivity index (χ4n) is 2.60. The molecular formula is C23H32N2O2. The summed E-state index contributed by atoms with van der Waals surface area (Å²) in [5, 5.41) is 0. The average molecular weight is 369 g/mol. The van der Waals surface area contributed by atoms with Crippen molar-refractivity contribution in [1.29, 1.82) is 0 Å². The topological polar surface area (TPSA) is 70.5 Å². The zero-order valence-electron chi connectivity index (χ0n) is 16.9. The van der Waals surface area contributed by atoms with Crippen LogP contribution >= 0.6 is 0 Å². The Hall–Kier alpha value is -2.88. The van der Waals surface area contributed by atoms with Crippen molar-refractivity contribution in [2.24, 2.45) is 0 Å². The molecule has 4 nitrogen and oxygen atoms in total. The van der Waals surface area contributed by atoms with Crippen LogP contribution in [-0.4, -0.2) is 13.2 Å². The summed E-state index contributed by atoms with van der Waals surface area (Å²) >= 11 is 0. The van der Waals surface area contributed by atoms with Crippen LogP contribution in [-0.2, 0) is 5.41 Å². The second kappa shape index (κ2) is 10.3. The van der Waals surface area contributed by atoms with Crippen molar-refractivity contribution in [1.82, 2.24) is 0 Å². The first-order valence-corrected chi connectivity index (χ1v) is 9.17. The SMILES string of the molecule is C=CCOc1ccc(C(C)(C)c2ccc(OCC=C)c(N)c2)cc1N.CC. The number of benzene rings is 2. The second-order valence-corrected chi connectivity index (χ2v) is 6.33. The van der Waals surface area contributed by atoms with E-state index in [9.17, 15) is 0 Å². The van der Waals surface area contributed by atoms with Gasteiger partial charge in [-0.05, 0) is 35.4 Å². The minimum atomic E-state index is -0.268. The van der Waals surface area contributed by atoms with Crippen molar-refractivity contribution >= 4 is 11.4 Å². The van der Waals surface area contributed by atoms with Crippen LogP contribution in [0.25, 0.3) is 0 Å². The molecule has 4 heteroatoms. The standard InChI is InChI=1S/C21H26N2O2.C2H6/c1-5-11-24-19-9-7-15(13-17(19)22)21(3,4)16-8-10-20(18(23)14-16)25-12-6-2;1-2/h5-10,13-14H,1-2,11-12,22-23H2,3-4H3;1-2H3. The summed E-state index contributed by atoms with van der Waals surface area (Å²) in [5.41, 5.74) is 15.4. The Morgan fingerprint density at radius 3 is 1.48 bits per heavy atom. The zero-order valence-corrected chi connectivity index (χ0v) is 16.9. The van der Waals surface area contributed by atoms with E-state index in [1.165, 1.54) is 0 Å². The van der Waals surface area contributed by atoms with E-state index in [-0.39, 0.29) is 5.41 Å². The van der Waals surface area contributed by atoms with Gasteiger partial charge in [-0.3, -0.25) is 0 Å². The highest BCUT2D eigenvalue weighted by molar-refractivity contribution is 5.60. The molecule has 0 aromatic heterocycles. The zero-order chi connectivity index (χ0) is 20.4. The van der Waals surface area contributed by atoms with Crippen molar-refractivity contribution in [2.45, 2.75) is 33.1 Å². The van der Waals surface area contributed by atoms with E-state index in [1.54, 1.807) is 12.2 Å². The Kier molecular flexibility index (Phi) is 8.46. The van der Waals surface area contributed by atoms with Gasteiger partial charge in [0.1, 0.15) is 24.7 Å². The number of hydrogen-bond acceptors (Lipinski definition) is 4. The third-order valence-electron chi connectivity index (χ3n) is 4.18. The van der Waals surface area contributed by atoms with E-state index in [0.717, 1.165) is 11.1 Å². The molecular weight excluding hydrogens is 336 g/mol. The number of nitrogens with two attached hydrogens (primary N) is 2. The van der Waals surface area contributed by atoms with Crippen LogP contribution in [0.15, 0.2) is 61.7 Å². The Balaban J connectivity index is 0.00000176. The number of hydrogen-bond donors (Lipinski definition) is 2. The largest absolute Gasteiger partial charge is 0.487 e. The molecule has 2 aromatic rings. The van der Waals surface area contributed by atoms with E-state index < -0.39 is 0 Å². The third-order valence-corrected chi connectivity index (χ3v) is 4.18. The minimum absolute atomic E-state index is 0.268. The molecule has 4 N–H and O–H groups in total. The summed E-state index contributed by atoms with van der Waals surface area (Å²) in [7, 11) is 0. The van der Waals surface area contributed by atoms with E-state index in [4.69, 9.17) is 20.9 Å². The lowest BCUT2D eigenvalue weighted by atomic mass is 9.78. The summed E-state index contributed by atoms with van der Waals surface area (Å²) < 4.78 is 11.1. The second-order valence-electron chi connectivity index (χ2n) is 6.33. The summed E-state index contributed by atoms with van der Waals surface area (Å²) in [6.07, 6.45) is 3.38. The van der Waals surface area contributed by atoms with Gasteiger partial charge >= 0.3 is 0 Å². The third kappa shape index (κ3) is 5.55. The van der Waals surface area contributed by atoms with Gasteiger partial charge in [0.15, 0.2) is 0 Å². The quantitative estimate of drug-likeness (QED) is 0.488. The van der Waals surface area contributed by atoms with Gasteiger partial charge in [0.05, 0.1) is 11.4 Å². The molecule has 0 radical (unpaired) electrons. The van der Waals surface area contributed by atoms with E-state index in [2.05, 4.69) is 27.0 Å². The van der Waals surface area contributed by atoms with Gasteiger partial charge in [0.25, 0.3) is 0 Å². The maximum atomic E-state index is 6.13. The lowest BCUT2D eigenvalue weighted by molar-refractivity contribution is 0.364. The van der Waals surface area contributed by atoms with Gasteiger partial charge in [-0.1, -0.05) is 65.1 Å². The molecule has 0 fully saturated rings. The van der Waals surface area contributed by atoms with Crippen LogP contribution < -0.4 is 20.9 Å². The van der Waals surface area contributed by atoms with Crippen LogP contribution in [0.2, 0.25) is 0 Å². The van der Waals surface area contributed by atoms with Crippen molar-refractivity contribution in [3.05, 3.63) is 72.8 Å². The molecule has 0 bridgehead atoms. The molecule has 0 aliphatic rings. The molecule has 0 saturated heterocycles. The van der Waals surface area contributed by atoms with Crippen LogP contribution in [0.4, 0.5) is 11.4 Å². The maximum Gasteiger partial charge on any atom is 0.142 e. The highest BCUT2D eigenvalue weighted by Crippen LogP contribution is 2.37. The summed E-state index contributed by atoms with van der Waals surface area (Å²) in [5.74, 6) is 1.32. The molecule has 146 valence electrons. The van der Waals surface area contributed by atoms with Crippen LogP contribution in [0.3, 0.4) is 0 Å². The smallest absolute Gasteiger partial charge is 0.142 e. The molecule has 2 rings (SSSR count). The lowest BCUT2D eigenvalue weighted by Crippen LogP contribution is -2.19. The van der Waals surface area contributed by atoms with Gasteiger partial charge in [0, 0.05) is 5.41 Å². The van der Waals surface area contributed by atoms with E-state index >= 15 is 0 Å². The first-order valence-electron chi connectivity index (χ1n) is 9.17. The van der Waals surface area contributed by atoms with Gasteiger partial charge in [-0.25, -0.2) is 0 Å². The summed E-state index contributed by atoms with van der Waals surface area (Å²) in [6, 6.07) is 11.7. The summed E-state index contributed by atoms with van der Waals surface area (Å²) in [6.45, 7) is 16.4. The van der Waals surface area contributed by atoms with Crippen LogP contribution in [0.1, 0.15) is 38.8 Å². The van der Waals surface area contributed by atoms with Crippen molar-refractivity contribution in [3.63, 3.8) is 0 Å². The Morgan fingerprint density at radius 1 is 0.815 bits per heavy atom. The summed E-state index contributed by atoms with van der Waals surface area (Å²) in [4.78, 5) is 0. The first kappa shape index (κ1) is 22.2. The average Bonchev–Trinajstić information content (AvgIpc) is 2.67. The van der Waals surface area contributed by atoms with Crippen LogP contribution in [0.5, 0.6) is 11.5 Å². The highest BCUT2D eigenvalue weighted by atomic mass is 16.5. The molecule has 0 amide bonds. The number of anilines is 2. The van der Waals surface area contributed by atoms with Crippen molar-refractivity contribution in [2.75, 3.05) is 24.7 Å². The molecule has 27 heavy (non-hydrogen) atoms. The van der Waals surface area contributed by atoms with Crippen LogP contribution in [0, 0.1) is 0 Å². The van der Waals surface area contributed by atoms with Crippen molar-refractivity contribution < 1.29 is 9.47 Å². The Morgan fingerprint density at radius 2 is 1.19 bits per heavy atom. The predicted molar refractivity (Wildman–Crippen MR) is 117 cm³/mol.